The Balaban J connectivity index is 1.79. The molecule has 0 saturated carbocycles. The Labute approximate surface area is 189 Å². The van der Waals surface area contributed by atoms with E-state index in [-0.39, 0.29) is 11.5 Å². The van der Waals surface area contributed by atoms with Crippen molar-refractivity contribution in [3.05, 3.63) is 112 Å². The summed E-state index contributed by atoms with van der Waals surface area (Å²) in [4.78, 5) is 28.0. The van der Waals surface area contributed by atoms with Crippen molar-refractivity contribution >= 4 is 40.7 Å². The Hall–Kier alpha value is -3.33. The highest BCUT2D eigenvalue weighted by molar-refractivity contribution is 8.05. The number of rotatable bonds is 5. The first-order valence-corrected chi connectivity index (χ1v) is 10.9. The molecule has 1 aliphatic rings. The van der Waals surface area contributed by atoms with Crippen LogP contribution in [-0.4, -0.2) is 16.9 Å². The molecule has 3 aromatic carbocycles. The highest BCUT2D eigenvalue weighted by atomic mass is 35.5. The Morgan fingerprint density at radius 3 is 2.23 bits per heavy atom. The smallest absolute Gasteiger partial charge is 0.245 e. The predicted molar refractivity (Wildman–Crippen MR) is 124 cm³/mol. The van der Waals surface area contributed by atoms with E-state index in [1.807, 2.05) is 42.5 Å². The van der Waals surface area contributed by atoms with Crippen LogP contribution in [0.5, 0.6) is 0 Å². The summed E-state index contributed by atoms with van der Waals surface area (Å²) in [5, 5.41) is 10.3. The van der Waals surface area contributed by atoms with Crippen LogP contribution in [0.1, 0.15) is 15.9 Å². The van der Waals surface area contributed by atoms with E-state index < -0.39 is 11.0 Å². The average molecular weight is 445 g/mol. The van der Waals surface area contributed by atoms with Crippen LogP contribution < -0.4 is 4.90 Å². The molecule has 0 bridgehead atoms. The molecule has 31 heavy (non-hydrogen) atoms. The Kier molecular flexibility index (Phi) is 6.22. The van der Waals surface area contributed by atoms with Crippen molar-refractivity contribution in [2.24, 2.45) is 0 Å². The zero-order chi connectivity index (χ0) is 21.8. The maximum Gasteiger partial charge on any atom is 0.245 e. The summed E-state index contributed by atoms with van der Waals surface area (Å²) in [7, 11) is 0. The maximum atomic E-state index is 13.4. The quantitative estimate of drug-likeness (QED) is 0.290. The van der Waals surface area contributed by atoms with Gasteiger partial charge in [0.25, 0.3) is 0 Å². The van der Waals surface area contributed by atoms with Crippen molar-refractivity contribution < 1.29 is 9.59 Å². The van der Waals surface area contributed by atoms with E-state index in [0.717, 1.165) is 5.56 Å². The second-order valence-electron chi connectivity index (χ2n) is 6.90. The number of Topliss-reactive ketones (excluding diaryl/α,β-unsaturated/α-hetero) is 1. The van der Waals surface area contributed by atoms with E-state index >= 15 is 0 Å². The van der Waals surface area contributed by atoms with Crippen molar-refractivity contribution in [1.82, 2.24) is 0 Å². The van der Waals surface area contributed by atoms with Gasteiger partial charge >= 0.3 is 0 Å². The molecular weight excluding hydrogens is 428 g/mol. The number of benzene rings is 3. The van der Waals surface area contributed by atoms with Gasteiger partial charge in [0.15, 0.2) is 0 Å². The van der Waals surface area contributed by atoms with Crippen molar-refractivity contribution in [3.63, 3.8) is 0 Å². The van der Waals surface area contributed by atoms with Crippen molar-refractivity contribution in [2.45, 2.75) is 11.7 Å². The number of amides is 1. The number of ketones is 1. The van der Waals surface area contributed by atoms with Gasteiger partial charge in [0.2, 0.25) is 11.7 Å². The number of thioether (sulfide) groups is 1. The molecule has 1 fully saturated rings. The van der Waals surface area contributed by atoms with Crippen LogP contribution in [0.4, 0.5) is 5.69 Å². The lowest BCUT2D eigenvalue weighted by Crippen LogP contribution is -2.30. The minimum atomic E-state index is -0.498. The maximum absolute atomic E-state index is 13.4. The number of nitrogens with zero attached hydrogens (tertiary/aromatic N) is 2. The number of hydrogen-bond donors (Lipinski definition) is 0. The molecule has 1 atom stereocenters. The molecule has 0 N–H and O–H groups in total. The lowest BCUT2D eigenvalue weighted by Gasteiger charge is -2.18. The Bertz CT molecular complexity index is 1200. The summed E-state index contributed by atoms with van der Waals surface area (Å²) in [5.41, 5.74) is 1.82. The predicted octanol–water partition coefficient (Wildman–Crippen LogP) is 5.65. The third kappa shape index (κ3) is 4.27. The number of allylic oxidation sites excluding steroid dienone is 1. The van der Waals surface area contributed by atoms with Crippen LogP contribution in [0.2, 0.25) is 5.02 Å². The third-order valence-electron chi connectivity index (χ3n) is 4.92. The topological polar surface area (TPSA) is 61.2 Å². The molecule has 1 heterocycles. The number of carbonyl (C=O) groups excluding carboxylic acids is 2. The Morgan fingerprint density at radius 1 is 0.968 bits per heavy atom. The van der Waals surface area contributed by atoms with Crippen LogP contribution in [0.15, 0.2) is 95.5 Å². The average Bonchev–Trinajstić information content (AvgIpc) is 3.12. The molecule has 0 aliphatic carbocycles. The number of halogens is 1. The first-order chi connectivity index (χ1) is 15.1. The van der Waals surface area contributed by atoms with Crippen LogP contribution in [-0.2, 0) is 11.2 Å². The van der Waals surface area contributed by atoms with Gasteiger partial charge in [0.1, 0.15) is 16.7 Å². The second kappa shape index (κ2) is 9.22. The van der Waals surface area contributed by atoms with Gasteiger partial charge in [-0.3, -0.25) is 14.5 Å². The van der Waals surface area contributed by atoms with Gasteiger partial charge in [-0.15, -0.1) is 0 Å². The summed E-state index contributed by atoms with van der Waals surface area (Å²) >= 11 is 7.54. The van der Waals surface area contributed by atoms with Gasteiger partial charge in [-0.2, -0.15) is 5.26 Å². The fourth-order valence-electron chi connectivity index (χ4n) is 3.40. The van der Waals surface area contributed by atoms with Crippen LogP contribution in [0.25, 0.3) is 0 Å². The first kappa shape index (κ1) is 20.9. The lowest BCUT2D eigenvalue weighted by molar-refractivity contribution is -0.117. The molecular formula is C25H17ClN2O2S. The molecule has 152 valence electrons. The molecule has 0 spiro atoms. The summed E-state index contributed by atoms with van der Waals surface area (Å²) in [5.74, 6) is -0.586. The van der Waals surface area contributed by atoms with Crippen molar-refractivity contribution in [2.75, 3.05) is 4.90 Å². The molecule has 6 heteroatoms. The molecule has 0 aromatic heterocycles. The molecule has 1 unspecified atom stereocenters. The fraction of sp³-hybridized carbons (Fsp3) is 0.0800. The number of carbonyl (C=O) groups is 2. The molecule has 1 aliphatic heterocycles. The van der Waals surface area contributed by atoms with Gasteiger partial charge in [0, 0.05) is 16.3 Å². The summed E-state index contributed by atoms with van der Waals surface area (Å²) in [6.45, 7) is 0. The normalized spacial score (nSPS) is 17.4. The van der Waals surface area contributed by atoms with Gasteiger partial charge in [0.05, 0.1) is 5.25 Å². The number of anilines is 1. The van der Waals surface area contributed by atoms with E-state index in [1.54, 1.807) is 48.5 Å². The standard InChI is InChI=1S/C25H17ClN2O2S/c26-21-14-8-7-11-18(21)15-22-24(30)28(19-12-5-2-6-13-19)25(31-22)20(16-27)23(29)17-9-3-1-4-10-17/h1-14,22H,15H2. The van der Waals surface area contributed by atoms with Gasteiger partial charge in [-0.25, -0.2) is 0 Å². The van der Waals surface area contributed by atoms with Crippen molar-refractivity contribution in [3.8, 4) is 6.07 Å². The minimum absolute atomic E-state index is 0.0462. The van der Waals surface area contributed by atoms with Gasteiger partial charge in [-0.05, 0) is 30.2 Å². The highest BCUT2D eigenvalue weighted by Gasteiger charge is 2.41. The summed E-state index contributed by atoms with van der Waals surface area (Å²) in [6.07, 6.45) is 0.397. The van der Waals surface area contributed by atoms with E-state index in [0.29, 0.717) is 27.7 Å². The van der Waals surface area contributed by atoms with Crippen LogP contribution in [0.3, 0.4) is 0 Å². The minimum Gasteiger partial charge on any atom is -0.288 e. The molecule has 0 radical (unpaired) electrons. The van der Waals surface area contributed by atoms with E-state index in [2.05, 4.69) is 0 Å². The Morgan fingerprint density at radius 2 is 1.58 bits per heavy atom. The zero-order valence-electron chi connectivity index (χ0n) is 16.4. The molecule has 1 saturated heterocycles. The second-order valence-corrected chi connectivity index (χ2v) is 8.50. The third-order valence-corrected chi connectivity index (χ3v) is 6.55. The molecule has 1 amide bonds. The zero-order valence-corrected chi connectivity index (χ0v) is 17.9. The SMILES string of the molecule is N#CC(C(=O)c1ccccc1)=C1SC(Cc2ccccc2Cl)C(=O)N1c1ccccc1. The van der Waals surface area contributed by atoms with E-state index in [1.165, 1.54) is 16.7 Å². The molecule has 4 nitrogen and oxygen atoms in total. The van der Waals surface area contributed by atoms with Gasteiger partial charge in [-0.1, -0.05) is 90.1 Å². The van der Waals surface area contributed by atoms with Crippen LogP contribution >= 0.6 is 23.4 Å². The van der Waals surface area contributed by atoms with E-state index in [4.69, 9.17) is 11.6 Å². The number of hydrogen-bond acceptors (Lipinski definition) is 4. The number of para-hydroxylation sites is 1. The monoisotopic (exact) mass is 444 g/mol. The summed E-state index contributed by atoms with van der Waals surface area (Å²) < 4.78 is 0. The molecule has 4 rings (SSSR count). The largest absolute Gasteiger partial charge is 0.288 e. The highest BCUT2D eigenvalue weighted by Crippen LogP contribution is 2.42. The molecule has 3 aromatic rings. The summed E-state index contributed by atoms with van der Waals surface area (Å²) in [6, 6.07) is 27.1. The first-order valence-electron chi connectivity index (χ1n) is 9.63. The fourth-order valence-corrected chi connectivity index (χ4v) is 4.90. The van der Waals surface area contributed by atoms with Crippen LogP contribution in [0, 0.1) is 11.3 Å². The number of nitriles is 1. The lowest BCUT2D eigenvalue weighted by atomic mass is 10.0. The van der Waals surface area contributed by atoms with Crippen molar-refractivity contribution in [1.29, 1.82) is 5.26 Å². The van der Waals surface area contributed by atoms with Gasteiger partial charge < -0.3 is 0 Å². The van der Waals surface area contributed by atoms with E-state index in [9.17, 15) is 14.9 Å².